The van der Waals surface area contributed by atoms with Crippen molar-refractivity contribution in [1.82, 2.24) is 9.97 Å². The van der Waals surface area contributed by atoms with Gasteiger partial charge in [-0.2, -0.15) is 0 Å². The van der Waals surface area contributed by atoms with Crippen LogP contribution in [0.25, 0.3) is 0 Å². The second kappa shape index (κ2) is 4.81. The van der Waals surface area contributed by atoms with Crippen LogP contribution in [0.4, 0.5) is 11.5 Å². The highest BCUT2D eigenvalue weighted by molar-refractivity contribution is 6.32. The van der Waals surface area contributed by atoms with Crippen molar-refractivity contribution < 1.29 is 9.47 Å². The lowest BCUT2D eigenvalue weighted by Crippen LogP contribution is -2.05. The zero-order chi connectivity index (χ0) is 13.2. The second-order valence-electron chi connectivity index (χ2n) is 3.97. The predicted molar refractivity (Wildman–Crippen MR) is 71.3 cm³/mol. The minimum Gasteiger partial charge on any atom is -0.454 e. The first-order valence-corrected chi connectivity index (χ1v) is 6.00. The average molecular weight is 279 g/mol. The lowest BCUT2D eigenvalue weighted by atomic mass is 10.2. The molecule has 0 saturated heterocycles. The molecule has 1 aromatic carbocycles. The molecule has 98 valence electrons. The van der Waals surface area contributed by atoms with Gasteiger partial charge in [0.05, 0.1) is 0 Å². The van der Waals surface area contributed by atoms with Gasteiger partial charge in [-0.05, 0) is 17.7 Å². The molecule has 0 atom stereocenters. The molecule has 0 amide bonds. The Balaban J connectivity index is 1.74. The molecule has 0 aliphatic carbocycles. The summed E-state index contributed by atoms with van der Waals surface area (Å²) in [7, 11) is 0. The van der Waals surface area contributed by atoms with Crippen LogP contribution in [0.15, 0.2) is 24.5 Å². The lowest BCUT2D eigenvalue weighted by molar-refractivity contribution is 0.174. The van der Waals surface area contributed by atoms with E-state index in [1.807, 2.05) is 18.2 Å². The highest BCUT2D eigenvalue weighted by Gasteiger charge is 2.13. The van der Waals surface area contributed by atoms with Crippen molar-refractivity contribution >= 4 is 23.1 Å². The Morgan fingerprint density at radius 1 is 1.26 bits per heavy atom. The Bertz CT molecular complexity index is 621. The Morgan fingerprint density at radius 2 is 2.11 bits per heavy atom. The summed E-state index contributed by atoms with van der Waals surface area (Å²) in [5.74, 6) is 2.01. The summed E-state index contributed by atoms with van der Waals surface area (Å²) in [5.41, 5.74) is 7.14. The van der Waals surface area contributed by atoms with Crippen LogP contribution in [0.1, 0.15) is 5.56 Å². The highest BCUT2D eigenvalue weighted by Crippen LogP contribution is 2.32. The Hall–Kier alpha value is -2.21. The van der Waals surface area contributed by atoms with Crippen LogP contribution in [-0.2, 0) is 6.54 Å². The van der Waals surface area contributed by atoms with Gasteiger partial charge in [0.25, 0.3) is 0 Å². The van der Waals surface area contributed by atoms with Gasteiger partial charge in [0.1, 0.15) is 12.0 Å². The molecule has 0 bridgehead atoms. The summed E-state index contributed by atoms with van der Waals surface area (Å²) in [6, 6.07) is 5.73. The number of hydrogen-bond acceptors (Lipinski definition) is 6. The first-order chi connectivity index (χ1) is 9.24. The van der Waals surface area contributed by atoms with Crippen molar-refractivity contribution in [2.75, 3.05) is 17.8 Å². The molecule has 1 aliphatic heterocycles. The molecule has 0 spiro atoms. The molecular formula is C12H11ClN4O2. The molecule has 1 aliphatic rings. The quantitative estimate of drug-likeness (QED) is 0.836. The number of benzene rings is 1. The predicted octanol–water partition coefficient (Wildman–Crippen LogP) is 2.05. The molecule has 0 unspecified atom stereocenters. The van der Waals surface area contributed by atoms with Crippen molar-refractivity contribution in [1.29, 1.82) is 0 Å². The largest absolute Gasteiger partial charge is 0.454 e. The van der Waals surface area contributed by atoms with Gasteiger partial charge in [-0.1, -0.05) is 17.7 Å². The molecule has 0 radical (unpaired) electrons. The third kappa shape index (κ3) is 2.34. The molecule has 3 rings (SSSR count). The average Bonchev–Trinajstić information content (AvgIpc) is 2.88. The molecule has 3 N–H and O–H groups in total. The molecule has 2 heterocycles. The van der Waals surface area contributed by atoms with Gasteiger partial charge in [-0.25, -0.2) is 9.97 Å². The zero-order valence-electron chi connectivity index (χ0n) is 9.89. The van der Waals surface area contributed by atoms with Gasteiger partial charge in [0.2, 0.25) is 6.79 Å². The van der Waals surface area contributed by atoms with Crippen LogP contribution in [0.2, 0.25) is 5.15 Å². The van der Waals surface area contributed by atoms with Gasteiger partial charge in [-0.15, -0.1) is 0 Å². The highest BCUT2D eigenvalue weighted by atomic mass is 35.5. The maximum absolute atomic E-state index is 5.82. The number of anilines is 2. The molecule has 6 nitrogen and oxygen atoms in total. The van der Waals surface area contributed by atoms with Crippen LogP contribution in [0.5, 0.6) is 11.5 Å². The van der Waals surface area contributed by atoms with E-state index >= 15 is 0 Å². The Kier molecular flexibility index (Phi) is 3.00. The minimum atomic E-state index is 0.239. The molecule has 0 saturated carbocycles. The number of nitrogens with two attached hydrogens (primary N) is 1. The Labute approximate surface area is 114 Å². The monoisotopic (exact) mass is 278 g/mol. The molecular weight excluding hydrogens is 268 g/mol. The lowest BCUT2D eigenvalue weighted by Gasteiger charge is -2.09. The number of fused-ring (bicyclic) bond motifs is 1. The van der Waals surface area contributed by atoms with E-state index in [1.54, 1.807) is 0 Å². The van der Waals surface area contributed by atoms with Crippen molar-refractivity contribution in [2.45, 2.75) is 6.54 Å². The molecule has 1 aromatic heterocycles. The van der Waals surface area contributed by atoms with E-state index in [-0.39, 0.29) is 11.9 Å². The number of hydrogen-bond donors (Lipinski definition) is 2. The fourth-order valence-electron chi connectivity index (χ4n) is 1.75. The van der Waals surface area contributed by atoms with Gasteiger partial charge in [0.15, 0.2) is 22.5 Å². The summed E-state index contributed by atoms with van der Waals surface area (Å²) in [6.45, 7) is 0.814. The first kappa shape index (κ1) is 11.9. The standard InChI is InChI=1S/C12H11ClN4O2/c13-11-10(14)12(17-5-16-11)15-4-7-1-2-8-9(3-7)19-6-18-8/h1-3,5H,4,6,14H2,(H,15,16,17). The third-order valence-electron chi connectivity index (χ3n) is 2.73. The fraction of sp³-hybridized carbons (Fsp3) is 0.167. The number of rotatable bonds is 3. The summed E-state index contributed by atoms with van der Waals surface area (Å²) in [5, 5.41) is 3.34. The Morgan fingerprint density at radius 3 is 3.00 bits per heavy atom. The molecule has 2 aromatic rings. The van der Waals surface area contributed by atoms with Gasteiger partial charge in [0, 0.05) is 6.54 Å². The van der Waals surface area contributed by atoms with E-state index in [1.165, 1.54) is 6.33 Å². The van der Waals surface area contributed by atoms with Crippen molar-refractivity contribution in [3.8, 4) is 11.5 Å². The fourth-order valence-corrected chi connectivity index (χ4v) is 1.88. The third-order valence-corrected chi connectivity index (χ3v) is 3.03. The summed E-state index contributed by atoms with van der Waals surface area (Å²) < 4.78 is 10.6. The van der Waals surface area contributed by atoms with Gasteiger partial charge in [-0.3, -0.25) is 0 Å². The second-order valence-corrected chi connectivity index (χ2v) is 4.33. The maximum Gasteiger partial charge on any atom is 0.231 e. The van der Waals surface area contributed by atoms with Gasteiger partial charge < -0.3 is 20.5 Å². The number of halogens is 1. The van der Waals surface area contributed by atoms with Crippen molar-refractivity contribution in [3.05, 3.63) is 35.2 Å². The maximum atomic E-state index is 5.82. The van der Waals surface area contributed by atoms with Crippen molar-refractivity contribution in [3.63, 3.8) is 0 Å². The normalized spacial score (nSPS) is 12.5. The van der Waals surface area contributed by atoms with E-state index in [9.17, 15) is 0 Å². The molecule has 19 heavy (non-hydrogen) atoms. The zero-order valence-corrected chi connectivity index (χ0v) is 10.6. The topological polar surface area (TPSA) is 82.3 Å². The van der Waals surface area contributed by atoms with E-state index in [0.717, 1.165) is 17.1 Å². The smallest absolute Gasteiger partial charge is 0.231 e. The number of nitrogen functional groups attached to an aromatic ring is 1. The number of nitrogens with one attached hydrogen (secondary N) is 1. The minimum absolute atomic E-state index is 0.239. The van der Waals surface area contributed by atoms with E-state index in [0.29, 0.717) is 18.1 Å². The van der Waals surface area contributed by atoms with Crippen LogP contribution >= 0.6 is 11.6 Å². The number of ether oxygens (including phenoxy) is 2. The van der Waals surface area contributed by atoms with Gasteiger partial charge >= 0.3 is 0 Å². The summed E-state index contributed by atoms with van der Waals surface area (Å²) in [6.07, 6.45) is 1.36. The summed E-state index contributed by atoms with van der Waals surface area (Å²) >= 11 is 5.82. The first-order valence-electron chi connectivity index (χ1n) is 5.62. The van der Waals surface area contributed by atoms with Crippen LogP contribution in [-0.4, -0.2) is 16.8 Å². The SMILES string of the molecule is Nc1c(Cl)ncnc1NCc1ccc2c(c1)OCO2. The van der Waals surface area contributed by atoms with Crippen molar-refractivity contribution in [2.24, 2.45) is 0 Å². The van der Waals surface area contributed by atoms with Crippen LogP contribution < -0.4 is 20.5 Å². The van der Waals surface area contributed by atoms with E-state index < -0.39 is 0 Å². The molecule has 7 heteroatoms. The van der Waals surface area contributed by atoms with Crippen LogP contribution in [0.3, 0.4) is 0 Å². The number of nitrogens with zero attached hydrogens (tertiary/aromatic N) is 2. The molecule has 0 fully saturated rings. The number of aromatic nitrogens is 2. The van der Waals surface area contributed by atoms with E-state index in [2.05, 4.69) is 15.3 Å². The van der Waals surface area contributed by atoms with Crippen LogP contribution in [0, 0.1) is 0 Å². The summed E-state index contributed by atoms with van der Waals surface area (Å²) in [4.78, 5) is 7.83. The van der Waals surface area contributed by atoms with E-state index in [4.69, 9.17) is 26.8 Å².